The summed E-state index contributed by atoms with van der Waals surface area (Å²) in [5.74, 6) is 0.650. The lowest BCUT2D eigenvalue weighted by Gasteiger charge is -2.34. The number of hydrogen-bond acceptors (Lipinski definition) is 6. The van der Waals surface area contributed by atoms with E-state index < -0.39 is 0 Å². The van der Waals surface area contributed by atoms with E-state index >= 15 is 0 Å². The Labute approximate surface area is 146 Å². The van der Waals surface area contributed by atoms with E-state index in [9.17, 15) is 0 Å². The molecule has 3 aromatic rings. The smallest absolute Gasteiger partial charge is 0.228 e. The molecular formula is C18H21N5S. The number of likely N-dealkylation sites (N-methyl/N-ethyl adjacent to an activating group) is 1. The predicted octanol–water partition coefficient (Wildman–Crippen LogP) is 3.50. The molecule has 1 aromatic carbocycles. The maximum Gasteiger partial charge on any atom is 0.228 e. The van der Waals surface area contributed by atoms with Crippen LogP contribution in [0.2, 0.25) is 0 Å². The van der Waals surface area contributed by atoms with Gasteiger partial charge >= 0.3 is 0 Å². The van der Waals surface area contributed by atoms with E-state index in [2.05, 4.69) is 68.7 Å². The van der Waals surface area contributed by atoms with Crippen molar-refractivity contribution in [3.63, 3.8) is 0 Å². The number of thiophene rings is 1. The molecule has 0 radical (unpaired) electrons. The Kier molecular flexibility index (Phi) is 4.08. The van der Waals surface area contributed by atoms with Gasteiger partial charge in [0.25, 0.3) is 0 Å². The number of hydrogen-bond donors (Lipinski definition) is 1. The first kappa shape index (κ1) is 15.4. The van der Waals surface area contributed by atoms with E-state index in [4.69, 9.17) is 0 Å². The van der Waals surface area contributed by atoms with Crippen molar-refractivity contribution in [1.29, 1.82) is 0 Å². The Bertz CT molecular complexity index is 834. The molecule has 24 heavy (non-hydrogen) atoms. The molecule has 124 valence electrons. The highest BCUT2D eigenvalue weighted by Gasteiger charge is 2.14. The molecule has 1 fully saturated rings. The number of fused-ring (bicyclic) bond motifs is 1. The summed E-state index contributed by atoms with van der Waals surface area (Å²) in [5.41, 5.74) is 3.53. The van der Waals surface area contributed by atoms with Gasteiger partial charge in [-0.05, 0) is 49.2 Å². The zero-order chi connectivity index (χ0) is 16.5. The van der Waals surface area contributed by atoms with E-state index in [-0.39, 0.29) is 0 Å². The van der Waals surface area contributed by atoms with E-state index in [1.165, 1.54) is 11.3 Å². The van der Waals surface area contributed by atoms with E-state index in [0.29, 0.717) is 5.95 Å². The third-order valence-corrected chi connectivity index (χ3v) is 5.52. The first-order chi connectivity index (χ1) is 11.7. The second-order valence-electron chi connectivity index (χ2n) is 6.29. The summed E-state index contributed by atoms with van der Waals surface area (Å²) < 4.78 is 0. The molecule has 6 heteroatoms. The van der Waals surface area contributed by atoms with Crippen LogP contribution in [0.1, 0.15) is 5.56 Å². The highest BCUT2D eigenvalue weighted by molar-refractivity contribution is 7.16. The molecule has 0 aliphatic carbocycles. The minimum atomic E-state index is 0.650. The van der Waals surface area contributed by atoms with Gasteiger partial charge in [-0.1, -0.05) is 0 Å². The molecule has 1 aliphatic rings. The van der Waals surface area contributed by atoms with Crippen molar-refractivity contribution < 1.29 is 0 Å². The van der Waals surface area contributed by atoms with Crippen molar-refractivity contribution in [2.45, 2.75) is 6.92 Å². The third-order valence-electron chi connectivity index (χ3n) is 4.52. The lowest BCUT2D eigenvalue weighted by molar-refractivity contribution is 0.313. The van der Waals surface area contributed by atoms with Gasteiger partial charge < -0.3 is 15.1 Å². The number of aromatic nitrogens is 2. The molecule has 0 spiro atoms. The van der Waals surface area contributed by atoms with Gasteiger partial charge in [0.2, 0.25) is 5.95 Å². The van der Waals surface area contributed by atoms with Crippen molar-refractivity contribution in [2.75, 3.05) is 43.4 Å². The van der Waals surface area contributed by atoms with Crippen molar-refractivity contribution >= 4 is 38.9 Å². The largest absolute Gasteiger partial charge is 0.369 e. The number of rotatable bonds is 3. The van der Waals surface area contributed by atoms with E-state index in [1.54, 1.807) is 11.3 Å². The Morgan fingerprint density at radius 3 is 2.58 bits per heavy atom. The number of aryl methyl sites for hydroxylation is 1. The van der Waals surface area contributed by atoms with E-state index in [0.717, 1.165) is 42.1 Å². The molecule has 1 aliphatic heterocycles. The zero-order valence-electron chi connectivity index (χ0n) is 14.0. The van der Waals surface area contributed by atoms with Crippen LogP contribution in [0.25, 0.3) is 10.2 Å². The van der Waals surface area contributed by atoms with Gasteiger partial charge in [-0.25, -0.2) is 9.97 Å². The standard InChI is InChI=1S/C18H21N5S/c1-13-12-24-17-16(13)11-19-18(21-17)20-14-3-5-15(6-4-14)23-9-7-22(2)8-10-23/h3-6,11-12H,7-10H2,1-2H3,(H,19,20,21). The Morgan fingerprint density at radius 2 is 1.83 bits per heavy atom. The molecule has 0 saturated carbocycles. The number of nitrogens with one attached hydrogen (secondary N) is 1. The quantitative estimate of drug-likeness (QED) is 0.791. The first-order valence-electron chi connectivity index (χ1n) is 8.20. The molecular weight excluding hydrogens is 318 g/mol. The van der Waals surface area contributed by atoms with Crippen LogP contribution in [-0.4, -0.2) is 48.1 Å². The fraction of sp³-hybridized carbons (Fsp3) is 0.333. The van der Waals surface area contributed by atoms with Gasteiger partial charge in [0, 0.05) is 49.1 Å². The Balaban J connectivity index is 1.48. The van der Waals surface area contributed by atoms with Crippen molar-refractivity contribution in [3.05, 3.63) is 41.4 Å². The SMILES string of the molecule is Cc1csc2nc(Nc3ccc(N4CCN(C)CC4)cc3)ncc12. The van der Waals surface area contributed by atoms with Gasteiger partial charge in [0.15, 0.2) is 0 Å². The van der Waals surface area contributed by atoms with Gasteiger partial charge in [0.05, 0.1) is 0 Å². The first-order valence-corrected chi connectivity index (χ1v) is 9.08. The maximum atomic E-state index is 4.59. The van der Waals surface area contributed by atoms with Crippen molar-refractivity contribution in [2.24, 2.45) is 0 Å². The normalized spacial score (nSPS) is 15.8. The zero-order valence-corrected chi connectivity index (χ0v) is 14.8. The number of piperazine rings is 1. The van der Waals surface area contributed by atoms with Crippen molar-refractivity contribution in [1.82, 2.24) is 14.9 Å². The topological polar surface area (TPSA) is 44.3 Å². The second-order valence-corrected chi connectivity index (χ2v) is 7.15. The molecule has 0 atom stereocenters. The van der Waals surface area contributed by atoms with Crippen LogP contribution in [0.5, 0.6) is 0 Å². The van der Waals surface area contributed by atoms with Gasteiger partial charge in [-0.15, -0.1) is 11.3 Å². The summed E-state index contributed by atoms with van der Waals surface area (Å²) in [7, 11) is 2.18. The molecule has 4 rings (SSSR count). The average Bonchev–Trinajstić information content (AvgIpc) is 2.97. The fourth-order valence-corrected chi connectivity index (χ4v) is 3.84. The average molecular weight is 339 g/mol. The summed E-state index contributed by atoms with van der Waals surface area (Å²) in [6, 6.07) is 8.53. The van der Waals surface area contributed by atoms with Crippen LogP contribution in [0.15, 0.2) is 35.8 Å². The predicted molar refractivity (Wildman–Crippen MR) is 102 cm³/mol. The fourth-order valence-electron chi connectivity index (χ4n) is 2.94. The summed E-state index contributed by atoms with van der Waals surface area (Å²) in [6.45, 7) is 6.50. The highest BCUT2D eigenvalue weighted by Crippen LogP contribution is 2.25. The molecule has 2 aromatic heterocycles. The maximum absolute atomic E-state index is 4.59. The molecule has 1 N–H and O–H groups in total. The van der Waals surface area contributed by atoms with Crippen LogP contribution in [0, 0.1) is 6.92 Å². The van der Waals surface area contributed by atoms with Gasteiger partial charge in [0.1, 0.15) is 4.83 Å². The molecule has 0 unspecified atom stereocenters. The molecule has 0 bridgehead atoms. The summed E-state index contributed by atoms with van der Waals surface area (Å²) >= 11 is 1.66. The Hall–Kier alpha value is -2.18. The van der Waals surface area contributed by atoms with Crippen LogP contribution in [-0.2, 0) is 0 Å². The van der Waals surface area contributed by atoms with Crippen LogP contribution in [0.4, 0.5) is 17.3 Å². The number of benzene rings is 1. The molecule has 0 amide bonds. The number of anilines is 3. The second kappa shape index (κ2) is 6.37. The monoisotopic (exact) mass is 339 g/mol. The van der Waals surface area contributed by atoms with Gasteiger partial charge in [-0.3, -0.25) is 0 Å². The van der Waals surface area contributed by atoms with Crippen molar-refractivity contribution in [3.8, 4) is 0 Å². The highest BCUT2D eigenvalue weighted by atomic mass is 32.1. The van der Waals surface area contributed by atoms with Crippen LogP contribution < -0.4 is 10.2 Å². The molecule has 3 heterocycles. The summed E-state index contributed by atoms with van der Waals surface area (Å²) in [4.78, 5) is 14.8. The van der Waals surface area contributed by atoms with Gasteiger partial charge in [-0.2, -0.15) is 0 Å². The van der Waals surface area contributed by atoms with E-state index in [1.807, 2.05) is 6.20 Å². The van der Waals surface area contributed by atoms with Crippen LogP contribution >= 0.6 is 11.3 Å². The van der Waals surface area contributed by atoms with Crippen LogP contribution in [0.3, 0.4) is 0 Å². The number of nitrogens with zero attached hydrogens (tertiary/aromatic N) is 4. The summed E-state index contributed by atoms with van der Waals surface area (Å²) in [5, 5.41) is 6.55. The molecule has 5 nitrogen and oxygen atoms in total. The summed E-state index contributed by atoms with van der Waals surface area (Å²) in [6.07, 6.45) is 1.90. The lowest BCUT2D eigenvalue weighted by Crippen LogP contribution is -2.44. The third kappa shape index (κ3) is 3.07. The Morgan fingerprint density at radius 1 is 1.08 bits per heavy atom. The minimum absolute atomic E-state index is 0.650. The minimum Gasteiger partial charge on any atom is -0.369 e. The lowest BCUT2D eigenvalue weighted by atomic mass is 10.2. The molecule has 1 saturated heterocycles.